The maximum absolute atomic E-state index is 11.1. The fourth-order valence-corrected chi connectivity index (χ4v) is 3.61. The van der Waals surface area contributed by atoms with Crippen molar-refractivity contribution in [2.45, 2.75) is 40.0 Å². The molecule has 1 aliphatic carbocycles. The predicted octanol–water partition coefficient (Wildman–Crippen LogP) is 0.843. The molecule has 9 heteroatoms. The van der Waals surface area contributed by atoms with Gasteiger partial charge in [0.25, 0.3) is 7.82 Å². The Labute approximate surface area is 112 Å². The topological polar surface area (TPSA) is 122 Å². The molecule has 19 heavy (non-hydrogen) atoms. The quantitative estimate of drug-likeness (QED) is 0.544. The summed E-state index contributed by atoms with van der Waals surface area (Å²) >= 11 is 0. The molecule has 0 saturated heterocycles. The van der Waals surface area contributed by atoms with E-state index in [0.717, 1.165) is 24.0 Å². The molecular weight excluding hydrogens is 294 g/mol. The standard InChI is InChI=1S/C10H20O7P2/c1-8-6-10(2,3)5-4-9(8)7-16-19(14,15)17-18(11,12)13/h4-7H2,1-3H3,(H,14,15)(H2,11,12,13)/p-3. The molecule has 0 saturated carbocycles. The second-order valence-corrected chi connectivity index (χ2v) is 8.17. The number of allylic oxidation sites excluding steroid dienone is 1. The Morgan fingerprint density at radius 1 is 1.26 bits per heavy atom. The first-order chi connectivity index (χ1) is 8.40. The Hall–Kier alpha value is -0.0000000000000000416. The third-order valence-corrected chi connectivity index (χ3v) is 5.09. The number of phosphoric ester groups is 1. The van der Waals surface area contributed by atoms with E-state index in [4.69, 9.17) is 0 Å². The maximum Gasteiger partial charge on any atom is 0.272 e. The van der Waals surface area contributed by atoms with Gasteiger partial charge in [-0.1, -0.05) is 19.4 Å². The molecular formula is C10H17O7P2-3. The molecule has 0 aromatic heterocycles. The highest BCUT2D eigenvalue weighted by Crippen LogP contribution is 2.51. The zero-order valence-corrected chi connectivity index (χ0v) is 12.9. The third kappa shape index (κ3) is 6.32. The summed E-state index contributed by atoms with van der Waals surface area (Å²) in [5.41, 5.74) is 1.97. The predicted molar refractivity (Wildman–Crippen MR) is 62.6 cm³/mol. The van der Waals surface area contributed by atoms with Crippen molar-refractivity contribution < 1.29 is 32.6 Å². The van der Waals surface area contributed by atoms with Gasteiger partial charge in [-0.05, 0) is 37.2 Å². The molecule has 0 radical (unpaired) electrons. The van der Waals surface area contributed by atoms with Crippen molar-refractivity contribution in [2.24, 2.45) is 5.41 Å². The van der Waals surface area contributed by atoms with Crippen LogP contribution in [0.1, 0.15) is 40.0 Å². The first-order valence-corrected chi connectivity index (χ1v) is 8.69. The Morgan fingerprint density at radius 2 is 1.84 bits per heavy atom. The van der Waals surface area contributed by atoms with E-state index in [0.29, 0.717) is 6.42 Å². The average Bonchev–Trinajstić information content (AvgIpc) is 2.10. The second-order valence-electron chi connectivity index (χ2n) is 5.47. The lowest BCUT2D eigenvalue weighted by molar-refractivity contribution is -0.339. The van der Waals surface area contributed by atoms with Gasteiger partial charge in [-0.3, -0.25) is 8.88 Å². The van der Waals surface area contributed by atoms with E-state index in [9.17, 15) is 23.8 Å². The van der Waals surface area contributed by atoms with Crippen molar-refractivity contribution in [1.29, 1.82) is 0 Å². The summed E-state index contributed by atoms with van der Waals surface area (Å²) in [6.45, 7) is 5.83. The van der Waals surface area contributed by atoms with Crippen molar-refractivity contribution in [1.82, 2.24) is 0 Å². The summed E-state index contributed by atoms with van der Waals surface area (Å²) in [4.78, 5) is 31.6. The van der Waals surface area contributed by atoms with E-state index in [1.807, 2.05) is 6.92 Å². The minimum atomic E-state index is -5.61. The van der Waals surface area contributed by atoms with Crippen LogP contribution in [-0.2, 0) is 18.0 Å². The Morgan fingerprint density at radius 3 is 2.32 bits per heavy atom. The molecule has 0 bridgehead atoms. The Bertz CT molecular complexity index is 462. The third-order valence-electron chi connectivity index (χ3n) is 3.05. The zero-order valence-electron chi connectivity index (χ0n) is 11.1. The minimum absolute atomic E-state index is 0.158. The van der Waals surface area contributed by atoms with Gasteiger partial charge in [0.1, 0.15) is 0 Å². The summed E-state index contributed by atoms with van der Waals surface area (Å²) in [6, 6.07) is 0. The highest BCUT2D eigenvalue weighted by Gasteiger charge is 2.25. The van der Waals surface area contributed by atoms with Crippen molar-refractivity contribution in [2.75, 3.05) is 6.61 Å². The van der Waals surface area contributed by atoms with Crippen LogP contribution in [0.15, 0.2) is 11.1 Å². The summed E-state index contributed by atoms with van der Waals surface area (Å²) < 4.78 is 29.2. The molecule has 0 aliphatic heterocycles. The molecule has 1 aliphatic rings. The lowest BCUT2D eigenvalue weighted by Gasteiger charge is -2.36. The fraction of sp³-hybridized carbons (Fsp3) is 0.800. The van der Waals surface area contributed by atoms with Crippen LogP contribution in [-0.4, -0.2) is 6.61 Å². The smallest absolute Gasteiger partial charge is 0.272 e. The molecule has 0 aromatic carbocycles. The summed E-state index contributed by atoms with van der Waals surface area (Å²) in [6.07, 6.45) is 2.37. The normalized spacial score (nSPS) is 23.3. The van der Waals surface area contributed by atoms with Crippen LogP contribution < -0.4 is 14.7 Å². The lowest BCUT2D eigenvalue weighted by atomic mass is 9.75. The van der Waals surface area contributed by atoms with Gasteiger partial charge in [0, 0.05) is 0 Å². The van der Waals surface area contributed by atoms with Crippen molar-refractivity contribution in [3.63, 3.8) is 0 Å². The first kappa shape index (κ1) is 17.1. The molecule has 1 atom stereocenters. The van der Waals surface area contributed by atoms with E-state index in [2.05, 4.69) is 22.7 Å². The minimum Gasteiger partial charge on any atom is -0.790 e. The number of hydrogen-bond donors (Lipinski definition) is 0. The molecule has 1 unspecified atom stereocenters. The lowest BCUT2D eigenvalue weighted by Crippen LogP contribution is -2.21. The Balaban J connectivity index is 2.63. The van der Waals surface area contributed by atoms with Crippen LogP contribution in [0.3, 0.4) is 0 Å². The summed E-state index contributed by atoms with van der Waals surface area (Å²) in [5, 5.41) is 0. The van der Waals surface area contributed by atoms with Gasteiger partial charge in [0.15, 0.2) is 0 Å². The molecule has 0 fully saturated rings. The van der Waals surface area contributed by atoms with Gasteiger partial charge in [-0.15, -0.1) is 0 Å². The monoisotopic (exact) mass is 311 g/mol. The first-order valence-electron chi connectivity index (χ1n) is 5.77. The Kier molecular flexibility index (Phi) is 5.19. The van der Waals surface area contributed by atoms with E-state index >= 15 is 0 Å². The fourth-order valence-electron chi connectivity index (χ4n) is 2.13. The molecule has 0 aromatic rings. The van der Waals surface area contributed by atoms with E-state index in [1.165, 1.54) is 0 Å². The van der Waals surface area contributed by atoms with Crippen molar-refractivity contribution in [3.8, 4) is 0 Å². The van der Waals surface area contributed by atoms with Gasteiger partial charge < -0.3 is 23.8 Å². The molecule has 0 heterocycles. The van der Waals surface area contributed by atoms with Crippen LogP contribution in [0.4, 0.5) is 0 Å². The van der Waals surface area contributed by atoms with Gasteiger partial charge in [-0.25, -0.2) is 0 Å². The van der Waals surface area contributed by atoms with E-state index in [1.54, 1.807) is 0 Å². The van der Waals surface area contributed by atoms with Crippen LogP contribution in [0.5, 0.6) is 0 Å². The van der Waals surface area contributed by atoms with E-state index < -0.39 is 15.6 Å². The number of phosphoric acid groups is 2. The van der Waals surface area contributed by atoms with Gasteiger partial charge in [-0.2, -0.15) is 0 Å². The maximum atomic E-state index is 11.1. The van der Waals surface area contributed by atoms with Crippen LogP contribution >= 0.6 is 15.6 Å². The molecule has 0 N–H and O–H groups in total. The van der Waals surface area contributed by atoms with Crippen LogP contribution in [0.25, 0.3) is 0 Å². The zero-order chi connectivity index (χ0) is 14.9. The molecule has 0 amide bonds. The van der Waals surface area contributed by atoms with Crippen molar-refractivity contribution in [3.05, 3.63) is 11.1 Å². The largest absolute Gasteiger partial charge is 0.790 e. The van der Waals surface area contributed by atoms with E-state index in [-0.39, 0.29) is 12.0 Å². The highest BCUT2D eigenvalue weighted by atomic mass is 31.3. The number of rotatable bonds is 5. The van der Waals surface area contributed by atoms with Gasteiger partial charge in [0.05, 0.1) is 14.4 Å². The summed E-state index contributed by atoms with van der Waals surface area (Å²) in [5.74, 6) is 0. The van der Waals surface area contributed by atoms with Crippen LogP contribution in [0.2, 0.25) is 0 Å². The second kappa shape index (κ2) is 5.78. The SMILES string of the molecule is CC1=C(COP(=O)([O-])OP(=O)([O-])[O-])CCC(C)(C)C1. The van der Waals surface area contributed by atoms with Crippen LogP contribution in [0, 0.1) is 5.41 Å². The summed E-state index contributed by atoms with van der Waals surface area (Å²) in [7, 11) is -10.7. The molecule has 0 spiro atoms. The molecule has 112 valence electrons. The molecule has 7 nitrogen and oxygen atoms in total. The van der Waals surface area contributed by atoms with Gasteiger partial charge in [0.2, 0.25) is 0 Å². The van der Waals surface area contributed by atoms with Gasteiger partial charge >= 0.3 is 0 Å². The average molecular weight is 311 g/mol. The highest BCUT2D eigenvalue weighted by molar-refractivity contribution is 7.58. The van der Waals surface area contributed by atoms with Crippen molar-refractivity contribution >= 4 is 15.6 Å². The molecule has 1 rings (SSSR count). The number of hydrogen-bond acceptors (Lipinski definition) is 7.